The van der Waals surface area contributed by atoms with Crippen LogP contribution in [0.25, 0.3) is 0 Å². The van der Waals surface area contributed by atoms with Crippen LogP contribution in [0.4, 0.5) is 5.69 Å². The molecule has 0 aliphatic carbocycles. The first-order valence-corrected chi connectivity index (χ1v) is 11.1. The van der Waals surface area contributed by atoms with Crippen LogP contribution in [0, 0.1) is 0 Å². The second-order valence-electron chi connectivity index (χ2n) is 6.74. The van der Waals surface area contributed by atoms with Gasteiger partial charge in [0.15, 0.2) is 11.5 Å². The van der Waals surface area contributed by atoms with Crippen LogP contribution in [0.15, 0.2) is 83.8 Å². The molecular formula is C23H24N2O5S. The average molecular weight is 441 g/mol. The molecule has 162 valence electrons. The number of methoxy groups -OCH3 is 2. The van der Waals surface area contributed by atoms with Gasteiger partial charge < -0.3 is 14.8 Å². The van der Waals surface area contributed by atoms with Gasteiger partial charge in [-0.2, -0.15) is 4.72 Å². The molecule has 0 unspecified atom stereocenters. The number of rotatable bonds is 9. The van der Waals surface area contributed by atoms with Crippen molar-refractivity contribution < 1.29 is 22.7 Å². The zero-order valence-corrected chi connectivity index (χ0v) is 18.1. The fourth-order valence-corrected chi connectivity index (χ4v) is 4.25. The van der Waals surface area contributed by atoms with E-state index in [1.165, 1.54) is 26.4 Å². The Morgan fingerprint density at radius 2 is 1.48 bits per heavy atom. The quantitative estimate of drug-likeness (QED) is 0.533. The number of hydrogen-bond acceptors (Lipinski definition) is 5. The SMILES string of the molecule is COc1ccc(NC(=O)[C@H](Cc2ccccc2)NS(=O)(=O)c2ccccc2)cc1OC. The highest BCUT2D eigenvalue weighted by Gasteiger charge is 2.26. The second-order valence-corrected chi connectivity index (χ2v) is 8.45. The maximum absolute atomic E-state index is 13.1. The predicted octanol–water partition coefficient (Wildman–Crippen LogP) is 3.23. The maximum Gasteiger partial charge on any atom is 0.242 e. The molecule has 0 aromatic heterocycles. The van der Waals surface area contributed by atoms with E-state index >= 15 is 0 Å². The van der Waals surface area contributed by atoms with E-state index in [1.54, 1.807) is 36.4 Å². The topological polar surface area (TPSA) is 93.7 Å². The lowest BCUT2D eigenvalue weighted by molar-refractivity contribution is -0.117. The third kappa shape index (κ3) is 5.84. The van der Waals surface area contributed by atoms with Gasteiger partial charge in [0, 0.05) is 11.8 Å². The Morgan fingerprint density at radius 3 is 2.10 bits per heavy atom. The van der Waals surface area contributed by atoms with Crippen molar-refractivity contribution in [3.05, 3.63) is 84.4 Å². The minimum Gasteiger partial charge on any atom is -0.493 e. The fraction of sp³-hybridized carbons (Fsp3) is 0.174. The van der Waals surface area contributed by atoms with E-state index in [4.69, 9.17) is 9.47 Å². The molecule has 7 nitrogen and oxygen atoms in total. The van der Waals surface area contributed by atoms with Crippen molar-refractivity contribution in [1.82, 2.24) is 4.72 Å². The van der Waals surface area contributed by atoms with Gasteiger partial charge in [0.25, 0.3) is 0 Å². The van der Waals surface area contributed by atoms with E-state index in [0.29, 0.717) is 17.2 Å². The Morgan fingerprint density at radius 1 is 0.871 bits per heavy atom. The summed E-state index contributed by atoms with van der Waals surface area (Å²) in [5, 5.41) is 2.76. The summed E-state index contributed by atoms with van der Waals surface area (Å²) in [4.78, 5) is 13.2. The molecule has 0 aliphatic rings. The molecule has 0 saturated heterocycles. The van der Waals surface area contributed by atoms with Gasteiger partial charge in [-0.1, -0.05) is 48.5 Å². The highest BCUT2D eigenvalue weighted by atomic mass is 32.2. The molecule has 0 radical (unpaired) electrons. The summed E-state index contributed by atoms with van der Waals surface area (Å²) < 4.78 is 38.7. The second kappa shape index (κ2) is 10.1. The first-order valence-electron chi connectivity index (χ1n) is 9.57. The molecule has 31 heavy (non-hydrogen) atoms. The van der Waals surface area contributed by atoms with E-state index in [0.717, 1.165) is 5.56 Å². The first kappa shape index (κ1) is 22.3. The Kier molecular flexibility index (Phi) is 7.28. The number of anilines is 1. The zero-order valence-electron chi connectivity index (χ0n) is 17.2. The smallest absolute Gasteiger partial charge is 0.242 e. The molecule has 0 aliphatic heterocycles. The summed E-state index contributed by atoms with van der Waals surface area (Å²) in [5.74, 6) is 0.478. The molecule has 0 spiro atoms. The highest BCUT2D eigenvalue weighted by Crippen LogP contribution is 2.29. The minimum absolute atomic E-state index is 0.0898. The molecule has 0 heterocycles. The van der Waals surface area contributed by atoms with Gasteiger partial charge in [0.2, 0.25) is 15.9 Å². The van der Waals surface area contributed by atoms with Crippen molar-refractivity contribution in [1.29, 1.82) is 0 Å². The van der Waals surface area contributed by atoms with Gasteiger partial charge in [-0.05, 0) is 36.2 Å². The molecule has 0 fully saturated rings. The fourth-order valence-electron chi connectivity index (χ4n) is 3.04. The molecule has 0 saturated carbocycles. The Hall–Kier alpha value is -3.36. The first-order chi connectivity index (χ1) is 14.9. The molecule has 0 bridgehead atoms. The molecule has 1 atom stereocenters. The molecule has 1 amide bonds. The standard InChI is InChI=1S/C23H24N2O5S/c1-29-21-14-13-18(16-22(21)30-2)24-23(26)20(15-17-9-5-3-6-10-17)25-31(27,28)19-11-7-4-8-12-19/h3-14,16,20,25H,15H2,1-2H3,(H,24,26)/t20-/m0/s1. The number of sulfonamides is 1. The van der Waals surface area contributed by atoms with Gasteiger partial charge in [0.05, 0.1) is 19.1 Å². The largest absolute Gasteiger partial charge is 0.493 e. The van der Waals surface area contributed by atoms with Gasteiger partial charge in [-0.25, -0.2) is 8.42 Å². The molecule has 8 heteroatoms. The van der Waals surface area contributed by atoms with E-state index < -0.39 is 22.0 Å². The third-order valence-electron chi connectivity index (χ3n) is 4.60. The van der Waals surface area contributed by atoms with Crippen molar-refractivity contribution in [2.24, 2.45) is 0 Å². The van der Waals surface area contributed by atoms with Crippen LogP contribution in [0.5, 0.6) is 11.5 Å². The third-order valence-corrected chi connectivity index (χ3v) is 6.09. The van der Waals surface area contributed by atoms with Gasteiger partial charge in [0.1, 0.15) is 6.04 Å². The number of amides is 1. The number of nitrogens with one attached hydrogen (secondary N) is 2. The van der Waals surface area contributed by atoms with Crippen LogP contribution in [-0.2, 0) is 21.2 Å². The zero-order chi connectivity index (χ0) is 22.3. The summed E-state index contributed by atoms with van der Waals surface area (Å²) in [7, 11) is -0.882. The molecule has 3 rings (SSSR count). The van der Waals surface area contributed by atoms with Crippen LogP contribution < -0.4 is 19.5 Å². The van der Waals surface area contributed by atoms with Gasteiger partial charge in [-0.3, -0.25) is 4.79 Å². The van der Waals surface area contributed by atoms with Crippen LogP contribution >= 0.6 is 0 Å². The Balaban J connectivity index is 1.86. The molecule has 3 aromatic carbocycles. The van der Waals surface area contributed by atoms with Gasteiger partial charge in [-0.15, -0.1) is 0 Å². The van der Waals surface area contributed by atoms with E-state index in [-0.39, 0.29) is 11.3 Å². The van der Waals surface area contributed by atoms with Crippen LogP contribution in [0.2, 0.25) is 0 Å². The van der Waals surface area contributed by atoms with Crippen LogP contribution in [-0.4, -0.2) is 34.6 Å². The number of carbonyl (C=O) groups excluding carboxylic acids is 1. The van der Waals surface area contributed by atoms with Gasteiger partial charge >= 0.3 is 0 Å². The summed E-state index contributed by atoms with van der Waals surface area (Å²) in [5.41, 5.74) is 1.28. The van der Waals surface area contributed by atoms with Crippen molar-refractivity contribution in [3.8, 4) is 11.5 Å². The monoisotopic (exact) mass is 440 g/mol. The number of carbonyl (C=O) groups is 1. The highest BCUT2D eigenvalue weighted by molar-refractivity contribution is 7.89. The van der Waals surface area contributed by atoms with E-state index in [2.05, 4.69) is 10.0 Å². The average Bonchev–Trinajstić information content (AvgIpc) is 2.79. The lowest BCUT2D eigenvalue weighted by Gasteiger charge is -2.19. The van der Waals surface area contributed by atoms with E-state index in [9.17, 15) is 13.2 Å². The summed E-state index contributed by atoms with van der Waals surface area (Å²) in [6, 6.07) is 21.1. The molecule has 3 aromatic rings. The molecule has 2 N–H and O–H groups in total. The summed E-state index contributed by atoms with van der Waals surface area (Å²) in [6.45, 7) is 0. The molecular weight excluding hydrogens is 416 g/mol. The van der Waals surface area contributed by atoms with Crippen molar-refractivity contribution >= 4 is 21.6 Å². The predicted molar refractivity (Wildman–Crippen MR) is 119 cm³/mol. The summed E-state index contributed by atoms with van der Waals surface area (Å²) >= 11 is 0. The summed E-state index contributed by atoms with van der Waals surface area (Å²) in [6.07, 6.45) is 0.187. The Bertz CT molecular complexity index is 1120. The lowest BCUT2D eigenvalue weighted by atomic mass is 10.1. The van der Waals surface area contributed by atoms with Crippen molar-refractivity contribution in [2.45, 2.75) is 17.4 Å². The number of ether oxygens (including phenoxy) is 2. The van der Waals surface area contributed by atoms with Crippen molar-refractivity contribution in [3.63, 3.8) is 0 Å². The lowest BCUT2D eigenvalue weighted by Crippen LogP contribution is -2.45. The van der Waals surface area contributed by atoms with Crippen LogP contribution in [0.1, 0.15) is 5.56 Å². The number of benzene rings is 3. The normalized spacial score (nSPS) is 12.1. The maximum atomic E-state index is 13.1. The number of hydrogen-bond donors (Lipinski definition) is 2. The Labute approximate surface area is 182 Å². The van der Waals surface area contributed by atoms with Crippen LogP contribution in [0.3, 0.4) is 0 Å². The minimum atomic E-state index is -3.90. The van der Waals surface area contributed by atoms with Crippen molar-refractivity contribution in [2.75, 3.05) is 19.5 Å². The van der Waals surface area contributed by atoms with E-state index in [1.807, 2.05) is 30.3 Å².